The monoisotopic (exact) mass is 308 g/mol. The number of hydrogen-bond acceptors (Lipinski definition) is 5. The Labute approximate surface area is 128 Å². The molecule has 1 aromatic heterocycles. The van der Waals surface area contributed by atoms with Gasteiger partial charge in [0.1, 0.15) is 11.2 Å². The highest BCUT2D eigenvalue weighted by Crippen LogP contribution is 2.42. The molecule has 0 spiro atoms. The number of ether oxygens (including phenoxy) is 1. The molecule has 0 N–H and O–H groups in total. The summed E-state index contributed by atoms with van der Waals surface area (Å²) in [7, 11) is 0. The van der Waals surface area contributed by atoms with Gasteiger partial charge in [-0.25, -0.2) is 4.98 Å². The molecule has 1 aliphatic carbocycles. The average molecular weight is 309 g/mol. The van der Waals surface area contributed by atoms with Crippen LogP contribution in [0.3, 0.4) is 0 Å². The summed E-state index contributed by atoms with van der Waals surface area (Å²) < 4.78 is 5.56. The maximum Gasteiger partial charge on any atom is 0.255 e. The minimum Gasteiger partial charge on any atom is -0.377 e. The largest absolute Gasteiger partial charge is 0.377 e. The molecule has 1 unspecified atom stereocenters. The molecule has 3 aliphatic rings. The first-order valence-electron chi connectivity index (χ1n) is 7.29. The standard InChI is InChI=1S/C14H17ClN4O2/c1-14-8-21-5-4-19(14)11-10(6-16-13(15)17-11)18(12(14)20)7-9-2-3-9/h6,9H,2-5,7-8H2,1H3. The average Bonchev–Trinajstić information content (AvgIpc) is 3.28. The molecule has 2 fully saturated rings. The number of fused-ring (bicyclic) bond motifs is 3. The summed E-state index contributed by atoms with van der Waals surface area (Å²) in [5.41, 5.74) is 0.0772. The molecule has 6 nitrogen and oxygen atoms in total. The molecule has 0 bridgehead atoms. The number of carbonyl (C=O) groups excluding carboxylic acids is 1. The summed E-state index contributed by atoms with van der Waals surface area (Å²) in [5.74, 6) is 1.42. The van der Waals surface area contributed by atoms with Crippen LogP contribution in [0.5, 0.6) is 0 Å². The van der Waals surface area contributed by atoms with Gasteiger partial charge in [-0.1, -0.05) is 0 Å². The van der Waals surface area contributed by atoms with Crippen LogP contribution in [0.25, 0.3) is 0 Å². The molecule has 0 aromatic carbocycles. The van der Waals surface area contributed by atoms with E-state index in [0.29, 0.717) is 25.7 Å². The number of carbonyl (C=O) groups is 1. The maximum atomic E-state index is 13.0. The van der Waals surface area contributed by atoms with Crippen LogP contribution in [0.1, 0.15) is 19.8 Å². The smallest absolute Gasteiger partial charge is 0.255 e. The van der Waals surface area contributed by atoms with E-state index in [9.17, 15) is 4.79 Å². The van der Waals surface area contributed by atoms with E-state index in [1.807, 2.05) is 16.7 Å². The van der Waals surface area contributed by atoms with Crippen LogP contribution in [0.15, 0.2) is 6.20 Å². The van der Waals surface area contributed by atoms with Gasteiger partial charge >= 0.3 is 0 Å². The van der Waals surface area contributed by atoms with Crippen molar-refractivity contribution in [3.8, 4) is 0 Å². The van der Waals surface area contributed by atoms with Crippen LogP contribution in [0.2, 0.25) is 5.28 Å². The molecule has 4 rings (SSSR count). The van der Waals surface area contributed by atoms with Crippen molar-refractivity contribution in [3.05, 3.63) is 11.5 Å². The number of halogens is 1. The Hall–Kier alpha value is -1.40. The molecular weight excluding hydrogens is 292 g/mol. The molecule has 7 heteroatoms. The SMILES string of the molecule is CC12COCCN1c1nc(Cl)ncc1N(CC1CC1)C2=O. The van der Waals surface area contributed by atoms with E-state index in [0.717, 1.165) is 18.1 Å². The number of hydrogen-bond donors (Lipinski definition) is 0. The summed E-state index contributed by atoms with van der Waals surface area (Å²) in [6.07, 6.45) is 4.04. The Morgan fingerprint density at radius 1 is 1.52 bits per heavy atom. The summed E-state index contributed by atoms with van der Waals surface area (Å²) >= 11 is 5.97. The summed E-state index contributed by atoms with van der Waals surface area (Å²) in [6, 6.07) is 0. The number of morpholine rings is 1. The number of amides is 1. The van der Waals surface area contributed by atoms with Gasteiger partial charge in [-0.15, -0.1) is 0 Å². The number of nitrogens with zero attached hydrogens (tertiary/aromatic N) is 4. The van der Waals surface area contributed by atoms with Gasteiger partial charge in [0, 0.05) is 13.1 Å². The molecule has 21 heavy (non-hydrogen) atoms. The molecule has 1 aromatic rings. The zero-order chi connectivity index (χ0) is 14.6. The van der Waals surface area contributed by atoms with E-state index in [4.69, 9.17) is 16.3 Å². The third-order valence-electron chi connectivity index (χ3n) is 4.55. The van der Waals surface area contributed by atoms with Crippen molar-refractivity contribution in [2.75, 3.05) is 36.1 Å². The highest BCUT2D eigenvalue weighted by Gasteiger charge is 2.51. The zero-order valence-electron chi connectivity index (χ0n) is 11.9. The fraction of sp³-hybridized carbons (Fsp3) is 0.643. The lowest BCUT2D eigenvalue weighted by Crippen LogP contribution is -2.67. The van der Waals surface area contributed by atoms with Crippen LogP contribution in [0, 0.1) is 5.92 Å². The second-order valence-corrected chi connectivity index (χ2v) is 6.52. The third-order valence-corrected chi connectivity index (χ3v) is 4.73. The lowest BCUT2D eigenvalue weighted by Gasteiger charge is -2.50. The topological polar surface area (TPSA) is 58.6 Å². The Morgan fingerprint density at radius 2 is 2.33 bits per heavy atom. The Balaban J connectivity index is 1.83. The van der Waals surface area contributed by atoms with Crippen LogP contribution in [-0.4, -0.2) is 47.7 Å². The zero-order valence-corrected chi connectivity index (χ0v) is 12.6. The highest BCUT2D eigenvalue weighted by molar-refractivity contribution is 6.28. The predicted octanol–water partition coefficient (Wildman–Crippen LogP) is 1.48. The summed E-state index contributed by atoms with van der Waals surface area (Å²) in [5, 5.41) is 0.211. The Bertz CT molecular complexity index is 607. The molecule has 1 amide bonds. The van der Waals surface area contributed by atoms with Gasteiger partial charge < -0.3 is 14.5 Å². The first kappa shape index (κ1) is 13.3. The van der Waals surface area contributed by atoms with E-state index in [1.165, 1.54) is 12.8 Å². The highest BCUT2D eigenvalue weighted by atomic mass is 35.5. The molecule has 112 valence electrons. The number of rotatable bonds is 2. The quantitative estimate of drug-likeness (QED) is 0.775. The van der Waals surface area contributed by atoms with E-state index < -0.39 is 5.54 Å². The Kier molecular flexibility index (Phi) is 2.87. The normalized spacial score (nSPS) is 28.4. The van der Waals surface area contributed by atoms with Crippen molar-refractivity contribution < 1.29 is 9.53 Å². The van der Waals surface area contributed by atoms with E-state index in [2.05, 4.69) is 9.97 Å². The first-order valence-corrected chi connectivity index (χ1v) is 7.67. The maximum absolute atomic E-state index is 13.0. The van der Waals surface area contributed by atoms with Gasteiger partial charge in [-0.3, -0.25) is 4.79 Å². The molecule has 3 heterocycles. The van der Waals surface area contributed by atoms with Crippen molar-refractivity contribution in [3.63, 3.8) is 0 Å². The lowest BCUT2D eigenvalue weighted by atomic mass is 9.93. The third kappa shape index (κ3) is 2.00. The van der Waals surface area contributed by atoms with Crippen molar-refractivity contribution in [2.24, 2.45) is 5.92 Å². The van der Waals surface area contributed by atoms with Crippen molar-refractivity contribution in [1.82, 2.24) is 9.97 Å². The van der Waals surface area contributed by atoms with Gasteiger partial charge in [-0.05, 0) is 37.3 Å². The van der Waals surface area contributed by atoms with E-state index in [1.54, 1.807) is 6.20 Å². The Morgan fingerprint density at radius 3 is 3.10 bits per heavy atom. The van der Waals surface area contributed by atoms with Gasteiger partial charge in [-0.2, -0.15) is 4.98 Å². The number of aromatic nitrogens is 2. The van der Waals surface area contributed by atoms with Gasteiger partial charge in [0.05, 0.1) is 19.4 Å². The molecule has 1 atom stereocenters. The van der Waals surface area contributed by atoms with Crippen molar-refractivity contribution in [1.29, 1.82) is 0 Å². The van der Waals surface area contributed by atoms with Crippen LogP contribution in [0.4, 0.5) is 11.5 Å². The molecular formula is C14H17ClN4O2. The molecule has 0 radical (unpaired) electrons. The first-order chi connectivity index (χ1) is 10.1. The van der Waals surface area contributed by atoms with Crippen molar-refractivity contribution in [2.45, 2.75) is 25.3 Å². The minimum absolute atomic E-state index is 0.0764. The van der Waals surface area contributed by atoms with Gasteiger partial charge in [0.15, 0.2) is 5.82 Å². The summed E-state index contributed by atoms with van der Waals surface area (Å²) in [4.78, 5) is 25.3. The minimum atomic E-state index is -0.697. The van der Waals surface area contributed by atoms with E-state index >= 15 is 0 Å². The molecule has 2 aliphatic heterocycles. The number of anilines is 2. The molecule has 1 saturated heterocycles. The second kappa shape index (κ2) is 4.55. The van der Waals surface area contributed by atoms with Gasteiger partial charge in [0.2, 0.25) is 5.28 Å². The van der Waals surface area contributed by atoms with E-state index in [-0.39, 0.29) is 11.2 Å². The van der Waals surface area contributed by atoms with Crippen LogP contribution < -0.4 is 9.80 Å². The summed E-state index contributed by atoms with van der Waals surface area (Å²) in [6.45, 7) is 4.27. The van der Waals surface area contributed by atoms with Crippen molar-refractivity contribution >= 4 is 29.0 Å². The fourth-order valence-electron chi connectivity index (χ4n) is 3.14. The van der Waals surface area contributed by atoms with Gasteiger partial charge in [0.25, 0.3) is 5.91 Å². The second-order valence-electron chi connectivity index (χ2n) is 6.19. The van der Waals surface area contributed by atoms with Crippen LogP contribution >= 0.6 is 11.6 Å². The fourth-order valence-corrected chi connectivity index (χ4v) is 3.27. The lowest BCUT2D eigenvalue weighted by molar-refractivity contribution is -0.127. The predicted molar refractivity (Wildman–Crippen MR) is 78.7 cm³/mol. The molecule has 1 saturated carbocycles. The van der Waals surface area contributed by atoms with Crippen LogP contribution in [-0.2, 0) is 9.53 Å².